The van der Waals surface area contributed by atoms with Gasteiger partial charge in [0.15, 0.2) is 5.82 Å². The lowest BCUT2D eigenvalue weighted by molar-refractivity contribution is 0.516. The topological polar surface area (TPSA) is 104 Å². The second-order valence-electron chi connectivity index (χ2n) is 6.93. The van der Waals surface area contributed by atoms with Crippen LogP contribution in [0.15, 0.2) is 64.2 Å². The van der Waals surface area contributed by atoms with Gasteiger partial charge in [-0.25, -0.2) is 9.29 Å². The summed E-state index contributed by atoms with van der Waals surface area (Å²) in [7, 11) is 0. The second kappa shape index (κ2) is 9.77. The number of furan rings is 1. The molecule has 30 heavy (non-hydrogen) atoms. The van der Waals surface area contributed by atoms with Crippen LogP contribution in [0.25, 0.3) is 5.57 Å². The van der Waals surface area contributed by atoms with Gasteiger partial charge in [0.05, 0.1) is 12.8 Å². The first-order valence-corrected chi connectivity index (χ1v) is 10.5. The van der Waals surface area contributed by atoms with Gasteiger partial charge < -0.3 is 9.73 Å². The Morgan fingerprint density at radius 3 is 2.80 bits per heavy atom. The standard InChI is InChI=1S/C21H25N7OS/c1-15-4-6-18(7-5-15)30-28-10-8-16(9-11-28)19-14-24-21(25-20(19)26-27-22)23-13-17-3-2-12-29-17/h2-8,12,14,27H,9-11,13,22H2,1H3,(H2,23,24,25,26). The lowest BCUT2D eigenvalue weighted by atomic mass is 10.0. The minimum absolute atomic E-state index is 0.501. The highest BCUT2D eigenvalue weighted by Crippen LogP contribution is 2.31. The maximum atomic E-state index is 5.49. The number of nitrogens with zero attached hydrogens (tertiary/aromatic N) is 3. The number of hydrogen-bond acceptors (Lipinski definition) is 9. The first kappa shape index (κ1) is 20.4. The van der Waals surface area contributed by atoms with E-state index in [2.05, 4.69) is 67.8 Å². The fourth-order valence-electron chi connectivity index (χ4n) is 3.17. The molecule has 4 rings (SSSR count). The molecule has 0 saturated heterocycles. The molecule has 1 aliphatic heterocycles. The molecule has 156 valence electrons. The summed E-state index contributed by atoms with van der Waals surface area (Å²) < 4.78 is 7.68. The van der Waals surface area contributed by atoms with Crippen molar-refractivity contribution in [2.75, 3.05) is 23.8 Å². The molecular weight excluding hydrogens is 398 g/mol. The van der Waals surface area contributed by atoms with Gasteiger partial charge in [-0.3, -0.25) is 11.3 Å². The summed E-state index contributed by atoms with van der Waals surface area (Å²) in [6, 6.07) is 12.4. The molecule has 1 aliphatic rings. The molecule has 3 aromatic rings. The highest BCUT2D eigenvalue weighted by molar-refractivity contribution is 7.97. The Balaban J connectivity index is 1.43. The van der Waals surface area contributed by atoms with Gasteiger partial charge in [0, 0.05) is 29.7 Å². The van der Waals surface area contributed by atoms with Crippen molar-refractivity contribution >= 4 is 29.3 Å². The van der Waals surface area contributed by atoms with E-state index in [9.17, 15) is 0 Å². The predicted octanol–water partition coefficient (Wildman–Crippen LogP) is 3.58. The molecule has 0 amide bonds. The number of hydrazine groups is 2. The van der Waals surface area contributed by atoms with Crippen LogP contribution in [0.5, 0.6) is 0 Å². The molecule has 2 aromatic heterocycles. The van der Waals surface area contributed by atoms with Crippen LogP contribution in [0.4, 0.5) is 11.8 Å². The minimum Gasteiger partial charge on any atom is -0.467 e. The molecule has 0 aliphatic carbocycles. The van der Waals surface area contributed by atoms with E-state index in [1.54, 1.807) is 18.2 Å². The van der Waals surface area contributed by atoms with E-state index in [0.29, 0.717) is 18.3 Å². The molecule has 0 radical (unpaired) electrons. The van der Waals surface area contributed by atoms with Crippen LogP contribution in [0.2, 0.25) is 0 Å². The molecule has 0 fully saturated rings. The summed E-state index contributed by atoms with van der Waals surface area (Å²) in [6.45, 7) is 4.40. The zero-order chi connectivity index (χ0) is 20.8. The highest BCUT2D eigenvalue weighted by Gasteiger charge is 2.18. The summed E-state index contributed by atoms with van der Waals surface area (Å²) in [5.74, 6) is 7.45. The molecule has 0 saturated carbocycles. The summed E-state index contributed by atoms with van der Waals surface area (Å²) in [4.78, 5) is 10.3. The van der Waals surface area contributed by atoms with Crippen molar-refractivity contribution in [3.05, 3.63) is 71.8 Å². The van der Waals surface area contributed by atoms with Gasteiger partial charge in [-0.15, -0.1) is 0 Å². The van der Waals surface area contributed by atoms with E-state index >= 15 is 0 Å². The molecule has 5 N–H and O–H groups in total. The number of hydrogen-bond donors (Lipinski definition) is 4. The highest BCUT2D eigenvalue weighted by atomic mass is 32.2. The van der Waals surface area contributed by atoms with Gasteiger partial charge in [0.2, 0.25) is 5.95 Å². The fourth-order valence-corrected chi connectivity index (χ4v) is 4.06. The molecular formula is C21H25N7OS. The van der Waals surface area contributed by atoms with Gasteiger partial charge in [0.25, 0.3) is 0 Å². The van der Waals surface area contributed by atoms with E-state index in [4.69, 9.17) is 10.3 Å². The zero-order valence-corrected chi connectivity index (χ0v) is 17.6. The average Bonchev–Trinajstić information content (AvgIpc) is 3.29. The van der Waals surface area contributed by atoms with Crippen molar-refractivity contribution < 1.29 is 4.42 Å². The van der Waals surface area contributed by atoms with Crippen molar-refractivity contribution in [1.29, 1.82) is 0 Å². The number of nitrogens with one attached hydrogen (secondary N) is 3. The second-order valence-corrected chi connectivity index (χ2v) is 8.10. The maximum Gasteiger partial charge on any atom is 0.225 e. The average molecular weight is 424 g/mol. The van der Waals surface area contributed by atoms with E-state index in [1.807, 2.05) is 18.3 Å². The Hall–Kier alpha value is -2.85. The largest absolute Gasteiger partial charge is 0.467 e. The third-order valence-corrected chi connectivity index (χ3v) is 5.83. The molecule has 3 heterocycles. The predicted molar refractivity (Wildman–Crippen MR) is 120 cm³/mol. The van der Waals surface area contributed by atoms with Gasteiger partial charge in [0.1, 0.15) is 5.76 Å². The van der Waals surface area contributed by atoms with Gasteiger partial charge in [-0.05, 0) is 55.1 Å². The Bertz CT molecular complexity index is 989. The van der Waals surface area contributed by atoms with Crippen LogP contribution < -0.4 is 22.1 Å². The number of rotatable bonds is 8. The molecule has 0 atom stereocenters. The number of nitrogens with two attached hydrogens (primary N) is 1. The van der Waals surface area contributed by atoms with Crippen molar-refractivity contribution in [1.82, 2.24) is 19.8 Å². The van der Waals surface area contributed by atoms with Crippen LogP contribution >= 0.6 is 11.9 Å². The molecule has 0 unspecified atom stereocenters. The first-order valence-electron chi connectivity index (χ1n) is 9.75. The smallest absolute Gasteiger partial charge is 0.225 e. The summed E-state index contributed by atoms with van der Waals surface area (Å²) >= 11 is 1.78. The van der Waals surface area contributed by atoms with Crippen LogP contribution in [0, 0.1) is 6.92 Å². The Morgan fingerprint density at radius 1 is 1.23 bits per heavy atom. The third-order valence-electron chi connectivity index (χ3n) is 4.75. The van der Waals surface area contributed by atoms with Gasteiger partial charge in [-0.1, -0.05) is 23.8 Å². The molecule has 8 nitrogen and oxygen atoms in total. The lowest BCUT2D eigenvalue weighted by Crippen LogP contribution is -2.30. The summed E-state index contributed by atoms with van der Waals surface area (Å²) in [6.07, 6.45) is 6.59. The third kappa shape index (κ3) is 5.19. The Morgan fingerprint density at radius 2 is 2.10 bits per heavy atom. The molecule has 0 spiro atoms. The van der Waals surface area contributed by atoms with Gasteiger partial charge >= 0.3 is 0 Å². The number of benzene rings is 1. The number of aryl methyl sites for hydroxylation is 1. The number of aromatic nitrogens is 2. The van der Waals surface area contributed by atoms with Crippen molar-refractivity contribution in [2.24, 2.45) is 5.84 Å². The van der Waals surface area contributed by atoms with Crippen molar-refractivity contribution in [3.8, 4) is 0 Å². The lowest BCUT2D eigenvalue weighted by Gasteiger charge is -2.26. The van der Waals surface area contributed by atoms with E-state index in [0.717, 1.165) is 30.8 Å². The summed E-state index contributed by atoms with van der Waals surface area (Å²) in [5, 5.41) is 3.16. The normalized spacial score (nSPS) is 14.4. The van der Waals surface area contributed by atoms with E-state index in [1.165, 1.54) is 16.0 Å². The van der Waals surface area contributed by atoms with E-state index < -0.39 is 0 Å². The van der Waals surface area contributed by atoms with Crippen molar-refractivity contribution in [3.63, 3.8) is 0 Å². The van der Waals surface area contributed by atoms with E-state index in [-0.39, 0.29) is 0 Å². The minimum atomic E-state index is 0.501. The number of anilines is 2. The molecule has 0 bridgehead atoms. The van der Waals surface area contributed by atoms with Crippen LogP contribution in [0.1, 0.15) is 23.3 Å². The molecule has 1 aromatic carbocycles. The molecule has 9 heteroatoms. The Kier molecular flexibility index (Phi) is 6.65. The quantitative estimate of drug-likeness (QED) is 0.246. The SMILES string of the molecule is Cc1ccc(SN2CC=C(c3cnc(NCc4ccco4)nc3NNN)CC2)cc1. The maximum absolute atomic E-state index is 5.49. The zero-order valence-electron chi connectivity index (χ0n) is 16.8. The fraction of sp³-hybridized carbons (Fsp3) is 0.238. The van der Waals surface area contributed by atoms with Crippen LogP contribution in [0.3, 0.4) is 0 Å². The van der Waals surface area contributed by atoms with Gasteiger partial charge in [-0.2, -0.15) is 10.5 Å². The van der Waals surface area contributed by atoms with Crippen molar-refractivity contribution in [2.45, 2.75) is 24.8 Å². The first-order chi connectivity index (χ1) is 14.7. The van der Waals surface area contributed by atoms with Crippen LogP contribution in [-0.4, -0.2) is 27.4 Å². The summed E-state index contributed by atoms with van der Waals surface area (Å²) in [5.41, 5.74) is 8.81. The Labute approximate surface area is 180 Å². The van der Waals surface area contributed by atoms with Crippen LogP contribution in [-0.2, 0) is 6.54 Å². The monoisotopic (exact) mass is 423 g/mol.